The maximum Gasteiger partial charge on any atom is 0.407 e. The number of unbranched alkanes of at least 4 members (excludes halogenated alkanes) is 1. The molecule has 0 saturated carbocycles. The highest BCUT2D eigenvalue weighted by atomic mass is 16.7. The van der Waals surface area contributed by atoms with Crippen LogP contribution in [-0.2, 0) is 40.2 Å². The lowest BCUT2D eigenvalue weighted by Gasteiger charge is -2.31. The van der Waals surface area contributed by atoms with E-state index in [2.05, 4.69) is 16.0 Å². The van der Waals surface area contributed by atoms with Gasteiger partial charge in [0.05, 0.1) is 26.1 Å². The number of nitrogens with one attached hydrogen (secondary N) is 3. The van der Waals surface area contributed by atoms with Crippen molar-refractivity contribution < 1.29 is 43.4 Å². The third-order valence-corrected chi connectivity index (χ3v) is 7.33. The molecule has 1 aliphatic heterocycles. The molecule has 1 aliphatic rings. The van der Waals surface area contributed by atoms with Crippen LogP contribution in [0.2, 0.25) is 0 Å². The van der Waals surface area contributed by atoms with Gasteiger partial charge in [0, 0.05) is 25.6 Å². The van der Waals surface area contributed by atoms with Gasteiger partial charge in [0.1, 0.15) is 18.7 Å². The van der Waals surface area contributed by atoms with Crippen molar-refractivity contribution in [2.75, 3.05) is 26.7 Å². The summed E-state index contributed by atoms with van der Waals surface area (Å²) < 4.78 is 5.21. The van der Waals surface area contributed by atoms with Gasteiger partial charge in [-0.15, -0.1) is 0 Å². The number of alkyl carbamates (subject to hydrolysis) is 1. The molecule has 45 heavy (non-hydrogen) atoms. The first-order valence-electron chi connectivity index (χ1n) is 15.3. The number of rotatable bonds is 19. The standard InChI is InChI=1S/C31H47N5O9/c1-21(2)33-19-26(37)25-14-10-18-35(25)30(42)24(34-29(41)22(3)36(44-4)27(38)15-16-28(39)40)13-8-9-17-32-31(43)45-20-23-11-6-5-7-12-23/h5-7,11-12,21-22,24-25,33H,8-10,13-20H2,1-4H3,(H,32,43)(H,34,41)(H,39,40)/t22-,24-,25-/m0/s1. The molecule has 14 heteroatoms. The minimum Gasteiger partial charge on any atom is -0.481 e. The molecule has 3 atom stereocenters. The Morgan fingerprint density at radius 3 is 2.40 bits per heavy atom. The largest absolute Gasteiger partial charge is 0.481 e. The Balaban J connectivity index is 2.04. The van der Waals surface area contributed by atoms with Crippen LogP contribution in [0.4, 0.5) is 4.79 Å². The van der Waals surface area contributed by atoms with Crippen molar-refractivity contribution in [2.24, 2.45) is 0 Å². The molecule has 0 spiro atoms. The van der Waals surface area contributed by atoms with E-state index in [9.17, 15) is 28.8 Å². The second kappa shape index (κ2) is 19.4. The highest BCUT2D eigenvalue weighted by Crippen LogP contribution is 2.21. The number of hydrogen-bond acceptors (Lipinski definition) is 9. The van der Waals surface area contributed by atoms with Crippen LogP contribution < -0.4 is 16.0 Å². The summed E-state index contributed by atoms with van der Waals surface area (Å²) in [6.45, 7) is 6.15. The normalized spacial score (nSPS) is 15.7. The molecule has 1 aromatic carbocycles. The summed E-state index contributed by atoms with van der Waals surface area (Å²) in [5, 5.41) is 18.2. The molecule has 1 saturated heterocycles. The molecule has 1 fully saturated rings. The molecule has 1 heterocycles. The fourth-order valence-corrected chi connectivity index (χ4v) is 4.88. The molecule has 0 unspecified atom stereocenters. The Morgan fingerprint density at radius 1 is 1.04 bits per heavy atom. The molecule has 0 radical (unpaired) electrons. The molecule has 14 nitrogen and oxygen atoms in total. The lowest BCUT2D eigenvalue weighted by molar-refractivity contribution is -0.190. The second-order valence-electron chi connectivity index (χ2n) is 11.2. The number of nitrogens with zero attached hydrogens (tertiary/aromatic N) is 2. The lowest BCUT2D eigenvalue weighted by Crippen LogP contribution is -2.56. The molecule has 0 aliphatic carbocycles. The van der Waals surface area contributed by atoms with Crippen LogP contribution in [0.5, 0.6) is 0 Å². The summed E-state index contributed by atoms with van der Waals surface area (Å²) in [7, 11) is 1.19. The Bertz CT molecular complexity index is 1150. The van der Waals surface area contributed by atoms with Gasteiger partial charge in [-0.1, -0.05) is 44.2 Å². The number of carboxylic acid groups (broad SMARTS) is 1. The zero-order chi connectivity index (χ0) is 33.4. The van der Waals surface area contributed by atoms with Crippen LogP contribution in [-0.4, -0.2) is 102 Å². The predicted molar refractivity (Wildman–Crippen MR) is 163 cm³/mol. The first kappa shape index (κ1) is 37.1. The number of carboxylic acids is 1. The van der Waals surface area contributed by atoms with Crippen molar-refractivity contribution in [1.82, 2.24) is 25.9 Å². The van der Waals surface area contributed by atoms with Crippen LogP contribution in [0.15, 0.2) is 30.3 Å². The van der Waals surface area contributed by atoms with Gasteiger partial charge in [0.25, 0.3) is 0 Å². The first-order valence-corrected chi connectivity index (χ1v) is 15.3. The zero-order valence-corrected chi connectivity index (χ0v) is 26.6. The number of carbonyl (C=O) groups excluding carboxylic acids is 5. The molecular weight excluding hydrogens is 586 g/mol. The van der Waals surface area contributed by atoms with Gasteiger partial charge in [-0.05, 0) is 44.6 Å². The number of carbonyl (C=O) groups is 6. The Kier molecular flexibility index (Phi) is 16.0. The topological polar surface area (TPSA) is 184 Å². The van der Waals surface area contributed by atoms with Crippen LogP contribution in [0.3, 0.4) is 0 Å². The smallest absolute Gasteiger partial charge is 0.407 e. The number of ether oxygens (including phenoxy) is 1. The number of Topliss-reactive ketones (excluding diaryl/α,β-unsaturated/α-hetero) is 1. The number of aliphatic carboxylic acids is 1. The van der Waals surface area contributed by atoms with Crippen molar-refractivity contribution in [1.29, 1.82) is 0 Å². The summed E-state index contributed by atoms with van der Waals surface area (Å²) in [4.78, 5) is 82.0. The molecule has 4 N–H and O–H groups in total. The van der Waals surface area contributed by atoms with Crippen molar-refractivity contribution in [3.63, 3.8) is 0 Å². The molecule has 4 amide bonds. The van der Waals surface area contributed by atoms with E-state index < -0.39 is 54.3 Å². The van der Waals surface area contributed by atoms with Crippen LogP contribution in [0.25, 0.3) is 0 Å². The highest BCUT2D eigenvalue weighted by molar-refractivity contribution is 5.95. The number of likely N-dealkylation sites (tertiary alicyclic amines) is 1. The molecule has 250 valence electrons. The average molecular weight is 634 g/mol. The van der Waals surface area contributed by atoms with Gasteiger partial charge in [-0.25, -0.2) is 9.86 Å². The number of hydrogen-bond donors (Lipinski definition) is 4. The molecule has 2 rings (SSSR count). The maximum absolute atomic E-state index is 13.8. The van der Waals surface area contributed by atoms with Crippen LogP contribution in [0.1, 0.15) is 71.3 Å². The van der Waals surface area contributed by atoms with E-state index in [-0.39, 0.29) is 44.4 Å². The zero-order valence-electron chi connectivity index (χ0n) is 26.6. The fourth-order valence-electron chi connectivity index (χ4n) is 4.88. The van der Waals surface area contributed by atoms with E-state index in [1.54, 1.807) is 0 Å². The van der Waals surface area contributed by atoms with Gasteiger partial charge < -0.3 is 30.7 Å². The van der Waals surface area contributed by atoms with Crippen molar-refractivity contribution in [3.8, 4) is 0 Å². The number of hydroxylamine groups is 2. The van der Waals surface area contributed by atoms with E-state index in [1.165, 1.54) is 18.9 Å². The summed E-state index contributed by atoms with van der Waals surface area (Å²) >= 11 is 0. The Labute approximate surface area is 264 Å². The van der Waals surface area contributed by atoms with E-state index in [1.807, 2.05) is 44.2 Å². The van der Waals surface area contributed by atoms with Gasteiger partial charge in [0.15, 0.2) is 5.78 Å². The van der Waals surface area contributed by atoms with Gasteiger partial charge in [-0.2, -0.15) is 0 Å². The maximum atomic E-state index is 13.8. The minimum absolute atomic E-state index is 0.0965. The van der Waals surface area contributed by atoms with E-state index in [0.29, 0.717) is 32.2 Å². The quantitative estimate of drug-likeness (QED) is 0.129. The first-order chi connectivity index (χ1) is 21.4. The SMILES string of the molecule is CON(C(=O)CCC(=O)O)[C@@H](C)C(=O)N[C@@H](CCCCNC(=O)OCc1ccccc1)C(=O)N1CCC[C@H]1C(=O)CNC(C)C. The van der Waals surface area contributed by atoms with Crippen molar-refractivity contribution >= 4 is 35.6 Å². The minimum atomic E-state index is -1.17. The fraction of sp³-hybridized carbons (Fsp3) is 0.613. The molecule has 0 aromatic heterocycles. The van der Waals surface area contributed by atoms with Gasteiger partial charge >= 0.3 is 12.1 Å². The molecule has 0 bridgehead atoms. The summed E-state index contributed by atoms with van der Waals surface area (Å²) in [6, 6.07) is 6.55. The monoisotopic (exact) mass is 633 g/mol. The van der Waals surface area contributed by atoms with E-state index >= 15 is 0 Å². The third-order valence-electron chi connectivity index (χ3n) is 7.33. The van der Waals surface area contributed by atoms with Gasteiger partial charge in [0.2, 0.25) is 17.7 Å². The summed E-state index contributed by atoms with van der Waals surface area (Å²) in [5.74, 6) is -3.06. The number of ketones is 1. The summed E-state index contributed by atoms with van der Waals surface area (Å²) in [6.07, 6.45) is 0.917. The second-order valence-corrected chi connectivity index (χ2v) is 11.2. The van der Waals surface area contributed by atoms with Gasteiger partial charge in [-0.3, -0.25) is 28.8 Å². The van der Waals surface area contributed by atoms with E-state index in [0.717, 1.165) is 10.6 Å². The highest BCUT2D eigenvalue weighted by Gasteiger charge is 2.38. The van der Waals surface area contributed by atoms with Crippen molar-refractivity contribution in [3.05, 3.63) is 35.9 Å². The molecular formula is C31H47N5O9. The number of amides is 4. The van der Waals surface area contributed by atoms with E-state index in [4.69, 9.17) is 14.7 Å². The lowest BCUT2D eigenvalue weighted by atomic mass is 10.0. The summed E-state index contributed by atoms with van der Waals surface area (Å²) in [5.41, 5.74) is 0.855. The Morgan fingerprint density at radius 2 is 1.76 bits per heavy atom. The van der Waals surface area contributed by atoms with Crippen molar-refractivity contribution in [2.45, 2.75) is 96.5 Å². The Hall–Kier alpha value is -4.04. The average Bonchev–Trinajstić information content (AvgIpc) is 3.51. The molecule has 1 aromatic rings. The van der Waals surface area contributed by atoms with Crippen LogP contribution in [0, 0.1) is 0 Å². The third kappa shape index (κ3) is 12.8. The van der Waals surface area contributed by atoms with Crippen LogP contribution >= 0.6 is 0 Å². The number of benzene rings is 1. The predicted octanol–water partition coefficient (Wildman–Crippen LogP) is 1.77.